The maximum atomic E-state index is 11.3. The molecule has 0 spiro atoms. The summed E-state index contributed by atoms with van der Waals surface area (Å²) in [5.74, 6) is 0. The van der Waals surface area contributed by atoms with Crippen LogP contribution in [0, 0.1) is 0 Å². The van der Waals surface area contributed by atoms with Crippen LogP contribution in [0.2, 0.25) is 5.02 Å². The van der Waals surface area contributed by atoms with Crippen LogP contribution in [0.4, 0.5) is 0 Å². The van der Waals surface area contributed by atoms with Crippen molar-refractivity contribution in [2.24, 2.45) is 0 Å². The summed E-state index contributed by atoms with van der Waals surface area (Å²) in [4.78, 5) is 15.4. The van der Waals surface area contributed by atoms with E-state index in [0.29, 0.717) is 15.1 Å². The second kappa shape index (κ2) is 3.12. The molecular formula is C8H4BrClN2O. The van der Waals surface area contributed by atoms with Crippen molar-refractivity contribution in [1.82, 2.24) is 9.38 Å². The molecule has 0 bridgehead atoms. The molecule has 0 aromatic carbocycles. The summed E-state index contributed by atoms with van der Waals surface area (Å²) in [6, 6.07) is 3.08. The van der Waals surface area contributed by atoms with Crippen LogP contribution in [0.1, 0.15) is 0 Å². The predicted molar refractivity (Wildman–Crippen MR) is 54.2 cm³/mol. The standard InChI is InChI=1S/C8H4BrClN2O/c9-6-3-5(10)4-12-7(13)1-2-11-8(6)12/h1-4H. The van der Waals surface area contributed by atoms with Crippen LogP contribution in [-0.4, -0.2) is 9.38 Å². The first kappa shape index (κ1) is 8.72. The quantitative estimate of drug-likeness (QED) is 0.726. The maximum Gasteiger partial charge on any atom is 0.257 e. The van der Waals surface area contributed by atoms with Gasteiger partial charge in [0, 0.05) is 18.5 Å². The normalized spacial score (nSPS) is 10.6. The van der Waals surface area contributed by atoms with Crippen LogP contribution < -0.4 is 5.56 Å². The number of pyridine rings is 1. The monoisotopic (exact) mass is 258 g/mol. The molecule has 13 heavy (non-hydrogen) atoms. The van der Waals surface area contributed by atoms with E-state index in [4.69, 9.17) is 11.6 Å². The van der Waals surface area contributed by atoms with Gasteiger partial charge in [0.2, 0.25) is 0 Å². The minimum Gasteiger partial charge on any atom is -0.269 e. The Bertz CT molecular complexity index is 523. The topological polar surface area (TPSA) is 34.4 Å². The third-order valence-electron chi connectivity index (χ3n) is 1.61. The van der Waals surface area contributed by atoms with Crippen molar-refractivity contribution in [3.05, 3.63) is 44.4 Å². The molecule has 2 rings (SSSR count). The molecule has 0 unspecified atom stereocenters. The van der Waals surface area contributed by atoms with Crippen LogP contribution in [0.15, 0.2) is 33.8 Å². The molecule has 0 saturated carbocycles. The lowest BCUT2D eigenvalue weighted by atomic mass is 10.4. The molecular weight excluding hydrogens is 255 g/mol. The third kappa shape index (κ3) is 1.47. The van der Waals surface area contributed by atoms with Gasteiger partial charge < -0.3 is 0 Å². The summed E-state index contributed by atoms with van der Waals surface area (Å²) < 4.78 is 2.10. The Morgan fingerprint density at radius 1 is 1.54 bits per heavy atom. The smallest absolute Gasteiger partial charge is 0.257 e. The number of hydrogen-bond acceptors (Lipinski definition) is 2. The first-order valence-electron chi connectivity index (χ1n) is 3.51. The van der Waals surface area contributed by atoms with Gasteiger partial charge in [0.1, 0.15) is 0 Å². The molecule has 2 heterocycles. The summed E-state index contributed by atoms with van der Waals surface area (Å²) in [5.41, 5.74) is 0.421. The van der Waals surface area contributed by atoms with E-state index in [0.717, 1.165) is 0 Å². The number of halogens is 2. The minimum atomic E-state index is -0.145. The number of aromatic nitrogens is 2. The van der Waals surface area contributed by atoms with Crippen molar-refractivity contribution >= 4 is 33.2 Å². The van der Waals surface area contributed by atoms with Gasteiger partial charge in [-0.2, -0.15) is 0 Å². The molecule has 2 aromatic rings. The van der Waals surface area contributed by atoms with Crippen LogP contribution >= 0.6 is 27.5 Å². The first-order valence-corrected chi connectivity index (χ1v) is 4.68. The third-order valence-corrected chi connectivity index (χ3v) is 2.40. The van der Waals surface area contributed by atoms with Gasteiger partial charge in [-0.15, -0.1) is 0 Å². The Hall–Kier alpha value is -0.870. The number of rotatable bonds is 0. The van der Waals surface area contributed by atoms with Gasteiger partial charge in [-0.05, 0) is 22.0 Å². The molecule has 0 N–H and O–H groups in total. The van der Waals surface area contributed by atoms with Crippen molar-refractivity contribution < 1.29 is 0 Å². The van der Waals surface area contributed by atoms with Crippen molar-refractivity contribution in [1.29, 1.82) is 0 Å². The number of fused-ring (bicyclic) bond motifs is 1. The second-order valence-corrected chi connectivity index (χ2v) is 3.77. The summed E-state index contributed by atoms with van der Waals surface area (Å²) >= 11 is 9.05. The van der Waals surface area contributed by atoms with Crippen molar-refractivity contribution in [3.8, 4) is 0 Å². The van der Waals surface area contributed by atoms with Gasteiger partial charge in [0.15, 0.2) is 5.65 Å². The molecule has 2 aromatic heterocycles. The van der Waals surface area contributed by atoms with Crippen molar-refractivity contribution in [2.75, 3.05) is 0 Å². The maximum absolute atomic E-state index is 11.3. The fraction of sp³-hybridized carbons (Fsp3) is 0. The molecule has 0 atom stereocenters. The van der Waals surface area contributed by atoms with E-state index in [9.17, 15) is 4.79 Å². The highest BCUT2D eigenvalue weighted by Crippen LogP contribution is 2.19. The molecule has 0 aliphatic heterocycles. The Balaban J connectivity index is 3.03. The number of hydrogen-bond donors (Lipinski definition) is 0. The zero-order valence-corrected chi connectivity index (χ0v) is 8.71. The van der Waals surface area contributed by atoms with Crippen molar-refractivity contribution in [3.63, 3.8) is 0 Å². The fourth-order valence-corrected chi connectivity index (χ4v) is 1.94. The Labute approximate surface area is 87.1 Å². The average Bonchev–Trinajstić information content (AvgIpc) is 2.07. The van der Waals surface area contributed by atoms with E-state index in [1.165, 1.54) is 22.9 Å². The Morgan fingerprint density at radius 3 is 3.08 bits per heavy atom. The van der Waals surface area contributed by atoms with E-state index >= 15 is 0 Å². The minimum absolute atomic E-state index is 0.145. The van der Waals surface area contributed by atoms with E-state index in [1.807, 2.05) is 0 Å². The Kier molecular flexibility index (Phi) is 2.09. The van der Waals surface area contributed by atoms with Crippen LogP contribution in [0.3, 0.4) is 0 Å². The van der Waals surface area contributed by atoms with E-state index in [-0.39, 0.29) is 5.56 Å². The van der Waals surface area contributed by atoms with E-state index in [2.05, 4.69) is 20.9 Å². The molecule has 0 fully saturated rings. The highest BCUT2D eigenvalue weighted by Gasteiger charge is 2.02. The lowest BCUT2D eigenvalue weighted by Gasteiger charge is -2.01. The van der Waals surface area contributed by atoms with Crippen LogP contribution in [0.25, 0.3) is 5.65 Å². The molecule has 0 radical (unpaired) electrons. The highest BCUT2D eigenvalue weighted by atomic mass is 79.9. The summed E-state index contributed by atoms with van der Waals surface area (Å²) in [7, 11) is 0. The number of nitrogens with zero attached hydrogens (tertiary/aromatic N) is 2. The molecule has 0 aliphatic carbocycles. The largest absolute Gasteiger partial charge is 0.269 e. The summed E-state index contributed by atoms with van der Waals surface area (Å²) in [5, 5.41) is 0.495. The second-order valence-electron chi connectivity index (χ2n) is 2.48. The zero-order valence-electron chi connectivity index (χ0n) is 6.37. The molecule has 5 heteroatoms. The average molecular weight is 259 g/mol. The molecule has 66 valence electrons. The van der Waals surface area contributed by atoms with E-state index in [1.54, 1.807) is 6.07 Å². The molecule has 0 aliphatic rings. The van der Waals surface area contributed by atoms with E-state index < -0.39 is 0 Å². The van der Waals surface area contributed by atoms with Crippen molar-refractivity contribution in [2.45, 2.75) is 0 Å². The lowest BCUT2D eigenvalue weighted by Crippen LogP contribution is -2.12. The summed E-state index contributed by atoms with van der Waals surface area (Å²) in [6.07, 6.45) is 3.01. The lowest BCUT2D eigenvalue weighted by molar-refractivity contribution is 1.04. The van der Waals surface area contributed by atoms with Gasteiger partial charge in [-0.3, -0.25) is 9.20 Å². The van der Waals surface area contributed by atoms with Crippen LogP contribution in [0.5, 0.6) is 0 Å². The predicted octanol–water partition coefficient (Wildman–Crippen LogP) is 2.11. The van der Waals surface area contributed by atoms with Crippen LogP contribution in [-0.2, 0) is 0 Å². The Morgan fingerprint density at radius 2 is 2.31 bits per heavy atom. The fourth-order valence-electron chi connectivity index (χ4n) is 1.07. The van der Waals surface area contributed by atoms with Gasteiger partial charge in [-0.25, -0.2) is 4.98 Å². The van der Waals surface area contributed by atoms with Gasteiger partial charge in [0.05, 0.1) is 9.50 Å². The molecule has 0 saturated heterocycles. The zero-order chi connectivity index (χ0) is 9.42. The SMILES string of the molecule is O=c1ccnc2c(Br)cc(Cl)cn12. The molecule has 0 amide bonds. The first-order chi connectivity index (χ1) is 6.18. The van der Waals surface area contributed by atoms with Gasteiger partial charge in [-0.1, -0.05) is 11.6 Å². The van der Waals surface area contributed by atoms with Gasteiger partial charge >= 0.3 is 0 Å². The highest BCUT2D eigenvalue weighted by molar-refractivity contribution is 9.10. The molecule has 3 nitrogen and oxygen atoms in total. The van der Waals surface area contributed by atoms with Gasteiger partial charge in [0.25, 0.3) is 5.56 Å². The summed E-state index contributed by atoms with van der Waals surface area (Å²) in [6.45, 7) is 0.